The van der Waals surface area contributed by atoms with Crippen LogP contribution in [0.25, 0.3) is 22.2 Å². The van der Waals surface area contributed by atoms with E-state index in [4.69, 9.17) is 16.1 Å². The van der Waals surface area contributed by atoms with Crippen molar-refractivity contribution in [3.63, 3.8) is 0 Å². The number of aromatic carboxylic acids is 1. The molecule has 1 N–H and O–H groups in total. The topological polar surface area (TPSA) is 74.7 Å². The maximum atomic E-state index is 11.5. The van der Waals surface area contributed by atoms with Crippen molar-refractivity contribution in [2.24, 2.45) is 7.05 Å². The van der Waals surface area contributed by atoms with Gasteiger partial charge in [-0.3, -0.25) is 4.90 Å². The van der Waals surface area contributed by atoms with Crippen molar-refractivity contribution in [1.29, 1.82) is 0 Å². The largest absolute Gasteiger partial charge is 0.478 e. The van der Waals surface area contributed by atoms with Crippen molar-refractivity contribution >= 4 is 34.2 Å². The summed E-state index contributed by atoms with van der Waals surface area (Å²) in [7, 11) is 1.90. The van der Waals surface area contributed by atoms with Crippen LogP contribution >= 0.6 is 11.6 Å². The fraction of sp³-hybridized carbons (Fsp3) is 0.379. The molecule has 0 bridgehead atoms. The number of halogens is 1. The minimum atomic E-state index is -0.891. The number of carbonyl (C=O) groups is 1. The Labute approximate surface area is 221 Å². The van der Waals surface area contributed by atoms with E-state index in [0.29, 0.717) is 11.5 Å². The van der Waals surface area contributed by atoms with Gasteiger partial charge in [-0.1, -0.05) is 28.9 Å². The standard InChI is InChI=1S/C29H31ClN4O3/c1-18-4-3-5-24(30)26(18)27-22(28(37-31-27)19-6-7-19)10-11-33-12-14-34(15-13-33)20-8-9-21-23(29(35)36)17-32(2)25(21)16-20/h3-5,8-9,16-17,19H,6-7,10-15H2,1-2H3,(H,35,36). The lowest BCUT2D eigenvalue weighted by Gasteiger charge is -2.36. The number of carboxylic acid groups (broad SMARTS) is 1. The quantitative estimate of drug-likeness (QED) is 0.336. The van der Waals surface area contributed by atoms with Crippen molar-refractivity contribution in [1.82, 2.24) is 14.6 Å². The maximum Gasteiger partial charge on any atom is 0.337 e. The number of hydrogen-bond donors (Lipinski definition) is 1. The number of aryl methyl sites for hydroxylation is 2. The SMILES string of the molecule is Cc1cccc(Cl)c1-c1noc(C2CC2)c1CCN1CCN(c2ccc3c(C(=O)O)cn(C)c3c2)CC1. The lowest BCUT2D eigenvalue weighted by atomic mass is 9.98. The molecular weight excluding hydrogens is 488 g/mol. The minimum absolute atomic E-state index is 0.347. The van der Waals surface area contributed by atoms with Gasteiger partial charge in [0.1, 0.15) is 11.5 Å². The summed E-state index contributed by atoms with van der Waals surface area (Å²) in [6, 6.07) is 12.1. The second-order valence-electron chi connectivity index (χ2n) is 10.3. The number of rotatable bonds is 7. The molecule has 0 radical (unpaired) electrons. The Morgan fingerprint density at radius 1 is 1.16 bits per heavy atom. The van der Waals surface area contributed by atoms with Crippen LogP contribution in [0.1, 0.15) is 46.0 Å². The summed E-state index contributed by atoms with van der Waals surface area (Å²) in [4.78, 5) is 16.4. The lowest BCUT2D eigenvalue weighted by molar-refractivity contribution is 0.0699. The Hall–Kier alpha value is -3.29. The van der Waals surface area contributed by atoms with Gasteiger partial charge in [-0.15, -0.1) is 0 Å². The van der Waals surface area contributed by atoms with Crippen molar-refractivity contribution in [2.45, 2.75) is 32.1 Å². The summed E-state index contributed by atoms with van der Waals surface area (Å²) in [5.41, 5.74) is 6.64. The van der Waals surface area contributed by atoms with Gasteiger partial charge in [-0.2, -0.15) is 0 Å². The number of fused-ring (bicyclic) bond motifs is 1. The smallest absolute Gasteiger partial charge is 0.337 e. The first-order valence-electron chi connectivity index (χ1n) is 12.9. The van der Waals surface area contributed by atoms with E-state index < -0.39 is 5.97 Å². The van der Waals surface area contributed by atoms with Crippen LogP contribution in [-0.2, 0) is 13.5 Å². The summed E-state index contributed by atoms with van der Waals surface area (Å²) in [6.45, 7) is 6.82. The van der Waals surface area contributed by atoms with Crippen molar-refractivity contribution in [3.8, 4) is 11.3 Å². The molecule has 2 fully saturated rings. The first-order chi connectivity index (χ1) is 17.9. The third kappa shape index (κ3) is 4.51. The average molecular weight is 519 g/mol. The molecule has 192 valence electrons. The van der Waals surface area contributed by atoms with E-state index in [-0.39, 0.29) is 0 Å². The maximum absolute atomic E-state index is 11.5. The molecule has 1 aliphatic carbocycles. The molecule has 0 amide bonds. The van der Waals surface area contributed by atoms with E-state index in [2.05, 4.69) is 34.0 Å². The van der Waals surface area contributed by atoms with Gasteiger partial charge in [-0.05, 0) is 56.0 Å². The van der Waals surface area contributed by atoms with Crippen molar-refractivity contribution in [3.05, 3.63) is 70.1 Å². The number of benzene rings is 2. The van der Waals surface area contributed by atoms with Gasteiger partial charge < -0.3 is 19.1 Å². The number of aromatic nitrogens is 2. The summed E-state index contributed by atoms with van der Waals surface area (Å²) in [5, 5.41) is 15.5. The molecule has 4 aromatic rings. The first-order valence-corrected chi connectivity index (χ1v) is 13.3. The molecule has 0 atom stereocenters. The number of nitrogens with zero attached hydrogens (tertiary/aromatic N) is 4. The van der Waals surface area contributed by atoms with E-state index in [1.54, 1.807) is 6.20 Å². The molecule has 2 aromatic carbocycles. The van der Waals surface area contributed by atoms with Crippen molar-refractivity contribution < 1.29 is 14.4 Å². The highest BCUT2D eigenvalue weighted by molar-refractivity contribution is 6.33. The molecule has 37 heavy (non-hydrogen) atoms. The summed E-state index contributed by atoms with van der Waals surface area (Å²) >= 11 is 6.60. The van der Waals surface area contributed by atoms with Crippen LogP contribution in [0.3, 0.4) is 0 Å². The predicted octanol–water partition coefficient (Wildman–Crippen LogP) is 5.74. The minimum Gasteiger partial charge on any atom is -0.478 e. The van der Waals surface area contributed by atoms with E-state index in [9.17, 15) is 9.90 Å². The molecule has 7 nitrogen and oxygen atoms in total. The zero-order valence-electron chi connectivity index (χ0n) is 21.2. The normalized spacial score (nSPS) is 16.6. The number of hydrogen-bond acceptors (Lipinski definition) is 5. The Kier molecular flexibility index (Phi) is 6.21. The summed E-state index contributed by atoms with van der Waals surface area (Å²) in [6.07, 6.45) is 4.92. The fourth-order valence-electron chi connectivity index (χ4n) is 5.60. The van der Waals surface area contributed by atoms with Crippen LogP contribution in [0, 0.1) is 6.92 Å². The molecule has 6 rings (SSSR count). The van der Waals surface area contributed by atoms with E-state index in [1.165, 1.54) is 18.4 Å². The second kappa shape index (κ2) is 9.54. The number of carboxylic acids is 1. The van der Waals surface area contributed by atoms with Crippen LogP contribution < -0.4 is 4.90 Å². The van der Waals surface area contributed by atoms with Crippen molar-refractivity contribution in [2.75, 3.05) is 37.6 Å². The van der Waals surface area contributed by atoms with Crippen LogP contribution in [0.15, 0.2) is 47.1 Å². The van der Waals surface area contributed by atoms with Crippen LogP contribution in [-0.4, -0.2) is 58.4 Å². The highest BCUT2D eigenvalue weighted by Gasteiger charge is 2.33. The van der Waals surface area contributed by atoms with Gasteiger partial charge in [0.2, 0.25) is 0 Å². The molecule has 3 heterocycles. The van der Waals surface area contributed by atoms with Crippen LogP contribution in [0.2, 0.25) is 5.02 Å². The molecule has 1 aliphatic heterocycles. The van der Waals surface area contributed by atoms with Gasteiger partial charge in [0.05, 0.1) is 16.1 Å². The zero-order chi connectivity index (χ0) is 25.7. The predicted molar refractivity (Wildman–Crippen MR) is 146 cm³/mol. The Morgan fingerprint density at radius 3 is 2.65 bits per heavy atom. The zero-order valence-corrected chi connectivity index (χ0v) is 22.0. The molecular formula is C29H31ClN4O3. The third-order valence-electron chi connectivity index (χ3n) is 7.85. The molecule has 2 aliphatic rings. The molecule has 0 unspecified atom stereocenters. The van der Waals surface area contributed by atoms with E-state index >= 15 is 0 Å². The number of anilines is 1. The van der Waals surface area contributed by atoms with Gasteiger partial charge in [0, 0.05) is 74.1 Å². The Bertz CT molecular complexity index is 1460. The monoisotopic (exact) mass is 518 g/mol. The van der Waals surface area contributed by atoms with E-state index in [1.807, 2.05) is 35.9 Å². The number of piperazine rings is 1. The molecule has 0 spiro atoms. The highest BCUT2D eigenvalue weighted by Crippen LogP contribution is 2.45. The first kappa shape index (κ1) is 24.1. The third-order valence-corrected chi connectivity index (χ3v) is 8.16. The highest BCUT2D eigenvalue weighted by atomic mass is 35.5. The molecule has 2 aromatic heterocycles. The van der Waals surface area contributed by atoms with Gasteiger partial charge in [-0.25, -0.2) is 4.79 Å². The summed E-state index contributed by atoms with van der Waals surface area (Å²) < 4.78 is 7.78. The Balaban J connectivity index is 1.15. The van der Waals surface area contributed by atoms with E-state index in [0.717, 1.165) is 83.3 Å². The van der Waals surface area contributed by atoms with Gasteiger partial charge >= 0.3 is 5.97 Å². The fourth-order valence-corrected chi connectivity index (χ4v) is 5.91. The summed E-state index contributed by atoms with van der Waals surface area (Å²) in [5.74, 6) is 0.645. The average Bonchev–Trinajstić information content (AvgIpc) is 3.57. The molecule has 1 saturated carbocycles. The van der Waals surface area contributed by atoms with Gasteiger partial charge in [0.25, 0.3) is 0 Å². The lowest BCUT2D eigenvalue weighted by Crippen LogP contribution is -2.47. The van der Waals surface area contributed by atoms with Gasteiger partial charge in [0.15, 0.2) is 0 Å². The second-order valence-corrected chi connectivity index (χ2v) is 10.7. The van der Waals surface area contributed by atoms with Crippen LogP contribution in [0.4, 0.5) is 5.69 Å². The molecule has 8 heteroatoms. The van der Waals surface area contributed by atoms with Crippen LogP contribution in [0.5, 0.6) is 0 Å². The Morgan fingerprint density at radius 2 is 1.95 bits per heavy atom. The molecule has 1 saturated heterocycles.